The Bertz CT molecular complexity index is 3380. The van der Waals surface area contributed by atoms with Gasteiger partial charge in [0.1, 0.15) is 0 Å². The van der Waals surface area contributed by atoms with E-state index in [4.69, 9.17) is 0 Å². The van der Waals surface area contributed by atoms with Crippen LogP contribution in [0.5, 0.6) is 0 Å². The van der Waals surface area contributed by atoms with Crippen LogP contribution in [0.3, 0.4) is 0 Å². The highest BCUT2D eigenvalue weighted by molar-refractivity contribution is 6.11. The Morgan fingerprint density at radius 1 is 0.277 bits per heavy atom. The zero-order valence-corrected chi connectivity index (χ0v) is 35.8. The molecule has 2 heteroatoms. The van der Waals surface area contributed by atoms with E-state index < -0.39 is 5.41 Å². The van der Waals surface area contributed by atoms with E-state index in [0.717, 1.165) is 45.3 Å². The van der Waals surface area contributed by atoms with Gasteiger partial charge in [-0.1, -0.05) is 200 Å². The fourth-order valence-electron chi connectivity index (χ4n) is 10.4. The molecule has 0 saturated carbocycles. The standard InChI is InChI=1S/C63H44N2/c1-5-21-49(22-6-1)63(50-23-7-2-8-24-50)59-32-18-17-31-58(59)62-57-30-16-15-29-56(57)61(44-60(62)63)65(55-42-37-45-19-13-14-20-48(45)43-55)54-40-35-47(36-41-54)46-33-38-53(39-34-46)64(51-25-9-3-10-26-51)52-27-11-4-12-28-52/h1-44H. The average molecular weight is 829 g/mol. The van der Waals surface area contributed by atoms with E-state index in [1.165, 1.54) is 54.9 Å². The summed E-state index contributed by atoms with van der Waals surface area (Å²) in [5, 5.41) is 4.86. The van der Waals surface area contributed by atoms with Gasteiger partial charge >= 0.3 is 0 Å². The first-order valence-corrected chi connectivity index (χ1v) is 22.4. The number of benzene rings is 11. The molecule has 0 saturated heterocycles. The molecule has 0 amide bonds. The maximum Gasteiger partial charge on any atom is 0.0714 e. The number of hydrogen-bond donors (Lipinski definition) is 0. The Morgan fingerprint density at radius 3 is 1.32 bits per heavy atom. The van der Waals surface area contributed by atoms with Crippen molar-refractivity contribution >= 4 is 55.7 Å². The van der Waals surface area contributed by atoms with Crippen LogP contribution in [-0.2, 0) is 5.41 Å². The molecule has 11 aromatic rings. The van der Waals surface area contributed by atoms with Crippen molar-refractivity contribution in [2.45, 2.75) is 5.41 Å². The lowest BCUT2D eigenvalue weighted by Gasteiger charge is -2.35. The summed E-state index contributed by atoms with van der Waals surface area (Å²) < 4.78 is 0. The first kappa shape index (κ1) is 38.2. The molecule has 0 N–H and O–H groups in total. The summed E-state index contributed by atoms with van der Waals surface area (Å²) in [6.45, 7) is 0. The van der Waals surface area contributed by atoms with Crippen LogP contribution in [0.25, 0.3) is 43.8 Å². The van der Waals surface area contributed by atoms with Crippen LogP contribution in [0.4, 0.5) is 34.1 Å². The van der Waals surface area contributed by atoms with Gasteiger partial charge in [0.2, 0.25) is 0 Å². The van der Waals surface area contributed by atoms with Crippen LogP contribution in [0.15, 0.2) is 267 Å². The van der Waals surface area contributed by atoms with Gasteiger partial charge in [-0.15, -0.1) is 0 Å². The smallest absolute Gasteiger partial charge is 0.0714 e. The second-order valence-corrected chi connectivity index (χ2v) is 16.9. The first-order valence-electron chi connectivity index (χ1n) is 22.4. The maximum absolute atomic E-state index is 2.50. The minimum atomic E-state index is -0.547. The molecule has 0 aromatic heterocycles. The second-order valence-electron chi connectivity index (χ2n) is 16.9. The van der Waals surface area contributed by atoms with Crippen molar-refractivity contribution in [3.63, 3.8) is 0 Å². The normalized spacial score (nSPS) is 12.4. The van der Waals surface area contributed by atoms with E-state index in [9.17, 15) is 0 Å². The SMILES string of the molecule is c1ccc(N(c2ccccc2)c2ccc(-c3ccc(N(c4ccc5ccccc5c4)c4cc5c(c6ccccc46)-c4ccccc4C5(c4ccccc4)c4ccccc4)cc3)cc2)cc1. The van der Waals surface area contributed by atoms with E-state index in [2.05, 4.69) is 277 Å². The second kappa shape index (κ2) is 16.0. The van der Waals surface area contributed by atoms with Gasteiger partial charge < -0.3 is 9.80 Å². The third-order valence-electron chi connectivity index (χ3n) is 13.3. The van der Waals surface area contributed by atoms with Crippen molar-refractivity contribution in [1.82, 2.24) is 0 Å². The highest BCUT2D eigenvalue weighted by atomic mass is 15.1. The monoisotopic (exact) mass is 828 g/mol. The molecule has 1 aliphatic carbocycles. The summed E-state index contributed by atoms with van der Waals surface area (Å²) in [5.74, 6) is 0. The molecule has 0 spiro atoms. The third-order valence-corrected chi connectivity index (χ3v) is 13.3. The third kappa shape index (κ3) is 6.41. The molecule has 12 rings (SSSR count). The summed E-state index contributed by atoms with van der Waals surface area (Å²) in [7, 11) is 0. The maximum atomic E-state index is 2.50. The highest BCUT2D eigenvalue weighted by Crippen LogP contribution is 2.59. The van der Waals surface area contributed by atoms with Crippen molar-refractivity contribution in [3.05, 3.63) is 289 Å². The minimum Gasteiger partial charge on any atom is -0.311 e. The Labute approximate surface area is 380 Å². The van der Waals surface area contributed by atoms with Gasteiger partial charge in [-0.2, -0.15) is 0 Å². The molecular formula is C63H44N2. The summed E-state index contributed by atoms with van der Waals surface area (Å²) in [5.41, 5.74) is 16.1. The van der Waals surface area contributed by atoms with Gasteiger partial charge in [-0.3, -0.25) is 0 Å². The van der Waals surface area contributed by atoms with E-state index in [-0.39, 0.29) is 0 Å². The molecule has 0 heterocycles. The Morgan fingerprint density at radius 2 is 0.723 bits per heavy atom. The van der Waals surface area contributed by atoms with Crippen LogP contribution >= 0.6 is 0 Å². The quantitative estimate of drug-likeness (QED) is 0.143. The van der Waals surface area contributed by atoms with Gasteiger partial charge in [0.15, 0.2) is 0 Å². The molecule has 0 bridgehead atoms. The summed E-state index contributed by atoms with van der Waals surface area (Å²) in [6.07, 6.45) is 0. The van der Waals surface area contributed by atoms with Gasteiger partial charge in [0, 0.05) is 33.8 Å². The topological polar surface area (TPSA) is 6.48 Å². The zero-order valence-electron chi connectivity index (χ0n) is 35.8. The van der Waals surface area contributed by atoms with Crippen molar-refractivity contribution in [3.8, 4) is 22.3 Å². The van der Waals surface area contributed by atoms with Crippen molar-refractivity contribution < 1.29 is 0 Å². The largest absolute Gasteiger partial charge is 0.311 e. The van der Waals surface area contributed by atoms with Gasteiger partial charge in [-0.25, -0.2) is 0 Å². The molecule has 11 aromatic carbocycles. The van der Waals surface area contributed by atoms with E-state index in [1.807, 2.05) is 0 Å². The van der Waals surface area contributed by atoms with Crippen LogP contribution in [0.2, 0.25) is 0 Å². The minimum absolute atomic E-state index is 0.547. The molecule has 65 heavy (non-hydrogen) atoms. The Balaban J connectivity index is 1.04. The molecule has 1 aliphatic rings. The molecule has 0 radical (unpaired) electrons. The van der Waals surface area contributed by atoms with Crippen molar-refractivity contribution in [2.75, 3.05) is 9.80 Å². The Kier molecular flexibility index (Phi) is 9.43. The first-order chi connectivity index (χ1) is 32.3. The summed E-state index contributed by atoms with van der Waals surface area (Å²) >= 11 is 0. The predicted octanol–water partition coefficient (Wildman–Crippen LogP) is 17.0. The fourth-order valence-corrected chi connectivity index (χ4v) is 10.4. The molecule has 0 atom stereocenters. The number of hydrogen-bond acceptors (Lipinski definition) is 2. The number of rotatable bonds is 9. The van der Waals surface area contributed by atoms with E-state index >= 15 is 0 Å². The fraction of sp³-hybridized carbons (Fsp3) is 0.0159. The molecule has 2 nitrogen and oxygen atoms in total. The van der Waals surface area contributed by atoms with Gasteiger partial charge in [0.05, 0.1) is 11.1 Å². The molecular weight excluding hydrogens is 785 g/mol. The molecule has 0 aliphatic heterocycles. The lowest BCUT2D eigenvalue weighted by atomic mass is 9.67. The highest BCUT2D eigenvalue weighted by Gasteiger charge is 2.47. The molecule has 0 fully saturated rings. The predicted molar refractivity (Wildman–Crippen MR) is 274 cm³/mol. The number of nitrogens with zero attached hydrogens (tertiary/aromatic N) is 2. The van der Waals surface area contributed by atoms with Crippen LogP contribution in [0, 0.1) is 0 Å². The Hall–Kier alpha value is -8.46. The summed E-state index contributed by atoms with van der Waals surface area (Å²) in [4.78, 5) is 4.78. The van der Waals surface area contributed by atoms with E-state index in [1.54, 1.807) is 0 Å². The molecule has 0 unspecified atom stereocenters. The lowest BCUT2D eigenvalue weighted by molar-refractivity contribution is 0.769. The number of para-hydroxylation sites is 2. The number of fused-ring (bicyclic) bond motifs is 6. The average Bonchev–Trinajstić information content (AvgIpc) is 3.69. The van der Waals surface area contributed by atoms with Crippen LogP contribution < -0.4 is 9.80 Å². The van der Waals surface area contributed by atoms with Crippen molar-refractivity contribution in [2.24, 2.45) is 0 Å². The van der Waals surface area contributed by atoms with Gasteiger partial charge in [-0.05, 0) is 127 Å². The summed E-state index contributed by atoms with van der Waals surface area (Å²) in [6, 6.07) is 97.5. The van der Waals surface area contributed by atoms with Gasteiger partial charge in [0.25, 0.3) is 0 Å². The zero-order chi connectivity index (χ0) is 43.2. The van der Waals surface area contributed by atoms with Crippen LogP contribution in [0.1, 0.15) is 22.3 Å². The van der Waals surface area contributed by atoms with E-state index in [0.29, 0.717) is 0 Å². The lowest BCUT2D eigenvalue weighted by Crippen LogP contribution is -2.28. The number of anilines is 6. The van der Waals surface area contributed by atoms with Crippen LogP contribution in [-0.4, -0.2) is 0 Å². The van der Waals surface area contributed by atoms with Crippen molar-refractivity contribution in [1.29, 1.82) is 0 Å². The molecule has 306 valence electrons.